The van der Waals surface area contributed by atoms with Crippen molar-refractivity contribution in [1.29, 1.82) is 0 Å². The Kier molecular flexibility index (Phi) is 4.73. The second-order valence-corrected chi connectivity index (χ2v) is 6.94. The summed E-state index contributed by atoms with van der Waals surface area (Å²) in [5.41, 5.74) is 5.88. The third-order valence-corrected chi connectivity index (χ3v) is 5.24. The second kappa shape index (κ2) is 7.29. The van der Waals surface area contributed by atoms with Gasteiger partial charge in [0.05, 0.1) is 13.2 Å². The average Bonchev–Trinajstić information content (AvgIpc) is 3.09. The van der Waals surface area contributed by atoms with Crippen LogP contribution in [0.1, 0.15) is 47.9 Å². The van der Waals surface area contributed by atoms with Crippen LogP contribution in [0.25, 0.3) is 0 Å². The number of hydrogen-bond donors (Lipinski definition) is 0. The van der Waals surface area contributed by atoms with Gasteiger partial charge in [0.1, 0.15) is 11.5 Å². The Balaban J connectivity index is 1.25. The molecule has 0 saturated carbocycles. The van der Waals surface area contributed by atoms with Gasteiger partial charge in [-0.05, 0) is 85.4 Å². The maximum absolute atomic E-state index is 6.04. The summed E-state index contributed by atoms with van der Waals surface area (Å²) < 4.78 is 11.9. The maximum Gasteiger partial charge on any atom is 0.122 e. The van der Waals surface area contributed by atoms with Crippen LogP contribution in [0.2, 0.25) is 0 Å². The van der Waals surface area contributed by atoms with Crippen molar-refractivity contribution < 1.29 is 9.47 Å². The number of benzene rings is 2. The minimum absolute atomic E-state index is 0.716. The predicted octanol–water partition coefficient (Wildman–Crippen LogP) is 4.90. The molecule has 2 nitrogen and oxygen atoms in total. The molecule has 0 fully saturated rings. The summed E-state index contributed by atoms with van der Waals surface area (Å²) >= 11 is 0. The number of ether oxygens (including phenoxy) is 2. The van der Waals surface area contributed by atoms with E-state index < -0.39 is 0 Å². The fraction of sp³-hybridized carbons (Fsp3) is 0.455. The second-order valence-electron chi connectivity index (χ2n) is 6.94. The van der Waals surface area contributed by atoms with Gasteiger partial charge in [0.25, 0.3) is 0 Å². The summed E-state index contributed by atoms with van der Waals surface area (Å²) in [6.45, 7) is 1.44. The van der Waals surface area contributed by atoms with E-state index >= 15 is 0 Å². The number of hydrogen-bond acceptors (Lipinski definition) is 2. The summed E-state index contributed by atoms with van der Waals surface area (Å²) in [4.78, 5) is 0. The molecule has 0 bridgehead atoms. The van der Waals surface area contributed by atoms with E-state index in [1.807, 2.05) is 0 Å². The summed E-state index contributed by atoms with van der Waals surface area (Å²) in [5, 5.41) is 0. The van der Waals surface area contributed by atoms with Gasteiger partial charge in [-0.25, -0.2) is 0 Å². The van der Waals surface area contributed by atoms with Gasteiger partial charge in [0, 0.05) is 6.42 Å². The molecule has 2 aromatic carbocycles. The molecule has 0 amide bonds. The molecule has 2 aliphatic carbocycles. The van der Waals surface area contributed by atoms with Gasteiger partial charge >= 0.3 is 0 Å². The topological polar surface area (TPSA) is 18.5 Å². The van der Waals surface area contributed by atoms with E-state index in [1.54, 1.807) is 0 Å². The molecule has 0 unspecified atom stereocenters. The van der Waals surface area contributed by atoms with Crippen molar-refractivity contribution in [3.05, 3.63) is 58.7 Å². The summed E-state index contributed by atoms with van der Waals surface area (Å²) in [6.07, 6.45) is 9.60. The lowest BCUT2D eigenvalue weighted by Crippen LogP contribution is -2.09. The van der Waals surface area contributed by atoms with Gasteiger partial charge in [0.2, 0.25) is 0 Å². The SMILES string of the molecule is c1cc2c(c(OCCCOc3ccc4c(c3)CCC4)c1)CCCC2. The molecule has 0 aliphatic heterocycles. The molecule has 2 aliphatic rings. The Bertz CT molecular complexity index is 705. The van der Waals surface area contributed by atoms with E-state index in [9.17, 15) is 0 Å². The van der Waals surface area contributed by atoms with Crippen molar-refractivity contribution in [1.82, 2.24) is 0 Å². The average molecular weight is 322 g/mol. The molecule has 2 aromatic rings. The van der Waals surface area contributed by atoms with Crippen LogP contribution < -0.4 is 9.47 Å². The standard InChI is InChI=1S/C22H26O2/c1-2-10-21-18(6-1)8-4-11-22(21)24-15-5-14-23-20-13-12-17-7-3-9-19(17)16-20/h4,8,11-13,16H,1-3,5-7,9-10,14-15H2. The van der Waals surface area contributed by atoms with E-state index in [-0.39, 0.29) is 0 Å². The highest BCUT2D eigenvalue weighted by molar-refractivity contribution is 5.41. The Hall–Kier alpha value is -1.96. The minimum atomic E-state index is 0.716. The molecule has 0 spiro atoms. The van der Waals surface area contributed by atoms with E-state index in [0.29, 0.717) is 6.61 Å². The van der Waals surface area contributed by atoms with E-state index in [4.69, 9.17) is 9.47 Å². The highest BCUT2D eigenvalue weighted by atomic mass is 16.5. The van der Waals surface area contributed by atoms with E-state index in [0.717, 1.165) is 30.9 Å². The fourth-order valence-corrected chi connectivity index (χ4v) is 3.95. The van der Waals surface area contributed by atoms with Gasteiger partial charge in [-0.15, -0.1) is 0 Å². The quantitative estimate of drug-likeness (QED) is 0.704. The van der Waals surface area contributed by atoms with Crippen molar-refractivity contribution >= 4 is 0 Å². The van der Waals surface area contributed by atoms with Crippen molar-refractivity contribution in [2.24, 2.45) is 0 Å². The molecule has 24 heavy (non-hydrogen) atoms. The van der Waals surface area contributed by atoms with Crippen molar-refractivity contribution in [2.45, 2.75) is 51.4 Å². The summed E-state index contributed by atoms with van der Waals surface area (Å²) in [5.74, 6) is 2.09. The zero-order valence-corrected chi connectivity index (χ0v) is 14.4. The highest BCUT2D eigenvalue weighted by Crippen LogP contribution is 2.29. The molecular weight excluding hydrogens is 296 g/mol. The van der Waals surface area contributed by atoms with Gasteiger partial charge < -0.3 is 9.47 Å². The van der Waals surface area contributed by atoms with Crippen LogP contribution in [-0.2, 0) is 25.7 Å². The Morgan fingerprint density at radius 3 is 2.54 bits per heavy atom. The predicted molar refractivity (Wildman–Crippen MR) is 97.2 cm³/mol. The van der Waals surface area contributed by atoms with Crippen LogP contribution >= 0.6 is 0 Å². The summed E-state index contributed by atoms with van der Waals surface area (Å²) in [6, 6.07) is 13.0. The van der Waals surface area contributed by atoms with Crippen LogP contribution in [0.4, 0.5) is 0 Å². The molecule has 0 aromatic heterocycles. The Morgan fingerprint density at radius 2 is 1.54 bits per heavy atom. The Labute approximate surface area is 144 Å². The number of rotatable bonds is 6. The van der Waals surface area contributed by atoms with E-state index in [1.165, 1.54) is 60.8 Å². The normalized spacial score (nSPS) is 15.7. The molecule has 0 heterocycles. The Morgan fingerprint density at radius 1 is 0.708 bits per heavy atom. The van der Waals surface area contributed by atoms with Gasteiger partial charge in [0.15, 0.2) is 0 Å². The molecule has 126 valence electrons. The minimum Gasteiger partial charge on any atom is -0.493 e. The lowest BCUT2D eigenvalue weighted by atomic mass is 9.91. The van der Waals surface area contributed by atoms with Crippen LogP contribution in [0, 0.1) is 0 Å². The molecule has 0 saturated heterocycles. The molecular formula is C22H26O2. The lowest BCUT2D eigenvalue weighted by Gasteiger charge is -2.19. The fourth-order valence-electron chi connectivity index (χ4n) is 3.95. The van der Waals surface area contributed by atoms with Crippen molar-refractivity contribution in [3.8, 4) is 11.5 Å². The van der Waals surface area contributed by atoms with Crippen molar-refractivity contribution in [2.75, 3.05) is 13.2 Å². The monoisotopic (exact) mass is 322 g/mol. The van der Waals surface area contributed by atoms with Gasteiger partial charge in [-0.2, -0.15) is 0 Å². The van der Waals surface area contributed by atoms with Crippen LogP contribution in [-0.4, -0.2) is 13.2 Å². The van der Waals surface area contributed by atoms with Gasteiger partial charge in [-0.1, -0.05) is 18.2 Å². The molecule has 0 atom stereocenters. The molecule has 0 N–H and O–H groups in total. The van der Waals surface area contributed by atoms with E-state index in [2.05, 4.69) is 36.4 Å². The maximum atomic E-state index is 6.04. The zero-order valence-electron chi connectivity index (χ0n) is 14.4. The number of fused-ring (bicyclic) bond motifs is 2. The highest BCUT2D eigenvalue weighted by Gasteiger charge is 2.14. The first-order valence-corrected chi connectivity index (χ1v) is 9.38. The first kappa shape index (κ1) is 15.6. The summed E-state index contributed by atoms with van der Waals surface area (Å²) in [7, 11) is 0. The zero-order chi connectivity index (χ0) is 16.2. The van der Waals surface area contributed by atoms with Crippen LogP contribution in [0.5, 0.6) is 11.5 Å². The third-order valence-electron chi connectivity index (χ3n) is 5.24. The van der Waals surface area contributed by atoms with Crippen LogP contribution in [0.15, 0.2) is 36.4 Å². The first-order valence-electron chi connectivity index (χ1n) is 9.38. The molecule has 0 radical (unpaired) electrons. The third kappa shape index (κ3) is 3.43. The smallest absolute Gasteiger partial charge is 0.122 e. The molecule has 4 rings (SSSR count). The van der Waals surface area contributed by atoms with Crippen molar-refractivity contribution in [3.63, 3.8) is 0 Å². The van der Waals surface area contributed by atoms with Crippen LogP contribution in [0.3, 0.4) is 0 Å². The lowest BCUT2D eigenvalue weighted by molar-refractivity contribution is 0.245. The first-order chi connectivity index (χ1) is 11.9. The number of aryl methyl sites for hydroxylation is 3. The van der Waals surface area contributed by atoms with Gasteiger partial charge in [-0.3, -0.25) is 0 Å². The molecule has 2 heteroatoms. The largest absolute Gasteiger partial charge is 0.493 e.